The van der Waals surface area contributed by atoms with Crippen LogP contribution in [0.25, 0.3) is 0 Å². The minimum atomic E-state index is -3.67. The number of fused-ring (bicyclic) bond motifs is 1. The van der Waals surface area contributed by atoms with Crippen LogP contribution in [-0.4, -0.2) is 57.6 Å². The molecule has 3 aliphatic rings. The number of likely N-dealkylation sites (tertiary alicyclic amines) is 1. The highest BCUT2D eigenvalue weighted by molar-refractivity contribution is 7.92. The number of nitrogens with zero attached hydrogens (tertiary/aromatic N) is 1. The molecule has 162 valence electrons. The molecule has 0 bridgehead atoms. The van der Waals surface area contributed by atoms with Crippen molar-refractivity contribution in [1.82, 2.24) is 4.90 Å². The summed E-state index contributed by atoms with van der Waals surface area (Å²) in [5.41, 5.74) is 6.15. The van der Waals surface area contributed by atoms with Gasteiger partial charge in [-0.05, 0) is 67.7 Å². The number of alkyl halides is 2. The van der Waals surface area contributed by atoms with Crippen LogP contribution in [0.15, 0.2) is 29.2 Å². The molecule has 0 unspecified atom stereocenters. The van der Waals surface area contributed by atoms with E-state index in [9.17, 15) is 17.2 Å². The van der Waals surface area contributed by atoms with Gasteiger partial charge < -0.3 is 15.2 Å². The lowest BCUT2D eigenvalue weighted by atomic mass is 10.00. The van der Waals surface area contributed by atoms with Crippen molar-refractivity contribution in [2.75, 3.05) is 26.3 Å². The Hall–Kier alpha value is -1.29. The van der Waals surface area contributed by atoms with Crippen LogP contribution in [0.5, 0.6) is 5.75 Å². The largest absolute Gasteiger partial charge is 0.435 e. The zero-order valence-corrected chi connectivity index (χ0v) is 17.1. The second kappa shape index (κ2) is 8.45. The highest BCUT2D eigenvalue weighted by Gasteiger charge is 2.52. The minimum Gasteiger partial charge on any atom is -0.435 e. The Kier molecular flexibility index (Phi) is 6.11. The first-order valence-electron chi connectivity index (χ1n) is 10.2. The van der Waals surface area contributed by atoms with Crippen molar-refractivity contribution in [2.24, 2.45) is 23.5 Å². The number of sulfone groups is 1. The Morgan fingerprint density at radius 3 is 2.52 bits per heavy atom. The number of hydrogen-bond donors (Lipinski definition) is 1. The number of ether oxygens (including phenoxy) is 2. The second-order valence-electron chi connectivity index (χ2n) is 8.45. The summed E-state index contributed by atoms with van der Waals surface area (Å²) in [6.45, 7) is -0.0183. The molecule has 1 aromatic rings. The quantitative estimate of drug-likeness (QED) is 0.747. The van der Waals surface area contributed by atoms with Crippen molar-refractivity contribution >= 4 is 9.84 Å². The summed E-state index contributed by atoms with van der Waals surface area (Å²) in [5, 5.41) is -0.620. The van der Waals surface area contributed by atoms with Gasteiger partial charge in [-0.25, -0.2) is 8.42 Å². The summed E-state index contributed by atoms with van der Waals surface area (Å²) in [6, 6.07) is 5.34. The van der Waals surface area contributed by atoms with Crippen molar-refractivity contribution in [2.45, 2.75) is 48.6 Å². The normalized spacial score (nSPS) is 31.3. The summed E-state index contributed by atoms with van der Waals surface area (Å²) in [7, 11) is -3.67. The minimum absolute atomic E-state index is 0.00633. The van der Waals surface area contributed by atoms with Crippen LogP contribution >= 0.6 is 0 Å². The van der Waals surface area contributed by atoms with Gasteiger partial charge >= 0.3 is 6.61 Å². The molecule has 6 nitrogen and oxygen atoms in total. The van der Waals surface area contributed by atoms with Crippen LogP contribution in [0.3, 0.4) is 0 Å². The molecule has 2 N–H and O–H groups in total. The van der Waals surface area contributed by atoms with Crippen molar-refractivity contribution < 1.29 is 26.7 Å². The van der Waals surface area contributed by atoms with E-state index in [0.717, 1.165) is 45.6 Å². The van der Waals surface area contributed by atoms with E-state index in [1.165, 1.54) is 24.3 Å². The van der Waals surface area contributed by atoms with Gasteiger partial charge in [-0.2, -0.15) is 8.78 Å². The van der Waals surface area contributed by atoms with Gasteiger partial charge in [0.2, 0.25) is 0 Å². The molecule has 1 aromatic carbocycles. The summed E-state index contributed by atoms with van der Waals surface area (Å²) in [5.74, 6) is 0.666. The summed E-state index contributed by atoms with van der Waals surface area (Å²) >= 11 is 0. The number of halogens is 2. The molecule has 29 heavy (non-hydrogen) atoms. The van der Waals surface area contributed by atoms with Crippen LogP contribution < -0.4 is 10.5 Å². The summed E-state index contributed by atoms with van der Waals surface area (Å²) in [6.07, 6.45) is 3.43. The molecule has 1 aliphatic carbocycles. The van der Waals surface area contributed by atoms with Gasteiger partial charge in [-0.3, -0.25) is 4.90 Å². The molecule has 4 atom stereocenters. The van der Waals surface area contributed by atoms with Gasteiger partial charge in [0.1, 0.15) is 11.1 Å². The maximum atomic E-state index is 13.6. The van der Waals surface area contributed by atoms with Crippen molar-refractivity contribution in [3.05, 3.63) is 24.3 Å². The van der Waals surface area contributed by atoms with Crippen molar-refractivity contribution in [3.63, 3.8) is 0 Å². The first-order chi connectivity index (χ1) is 13.8. The monoisotopic (exact) mass is 430 g/mol. The second-order valence-corrected chi connectivity index (χ2v) is 10.5. The zero-order valence-electron chi connectivity index (χ0n) is 16.3. The molecule has 0 aromatic heterocycles. The van der Waals surface area contributed by atoms with E-state index in [2.05, 4.69) is 9.64 Å². The third kappa shape index (κ3) is 4.42. The Labute approximate surface area is 170 Å². The topological polar surface area (TPSA) is 81.9 Å². The highest BCUT2D eigenvalue weighted by Crippen LogP contribution is 2.45. The molecule has 0 amide bonds. The maximum Gasteiger partial charge on any atom is 0.387 e. The van der Waals surface area contributed by atoms with Crippen LogP contribution in [-0.2, 0) is 14.6 Å². The van der Waals surface area contributed by atoms with E-state index in [4.69, 9.17) is 10.5 Å². The molecule has 9 heteroatoms. The fourth-order valence-electron chi connectivity index (χ4n) is 5.25. The summed E-state index contributed by atoms with van der Waals surface area (Å²) < 4.78 is 61.7. The van der Waals surface area contributed by atoms with E-state index in [0.29, 0.717) is 12.3 Å². The van der Waals surface area contributed by atoms with E-state index in [-0.39, 0.29) is 28.5 Å². The highest BCUT2D eigenvalue weighted by atomic mass is 32.2. The Bertz CT molecular complexity index is 799. The standard InChI is InChI=1S/C20H28F2N2O4S/c21-20(22)28-16-1-3-17(4-2-16)29(25,26)19-18-10-15(23)9-14(18)12-24(19)11-13-5-7-27-8-6-13/h1-4,13-15,18-20H,5-12,23H2/t14-,15+,18+,19+/m0/s1. The molecule has 3 fully saturated rings. The fraction of sp³-hybridized carbons (Fsp3) is 0.700. The smallest absolute Gasteiger partial charge is 0.387 e. The average Bonchev–Trinajstić information content (AvgIpc) is 3.17. The van der Waals surface area contributed by atoms with Crippen LogP contribution in [0.2, 0.25) is 0 Å². The lowest BCUT2D eigenvalue weighted by Gasteiger charge is -2.32. The van der Waals surface area contributed by atoms with Gasteiger partial charge in [0.25, 0.3) is 0 Å². The zero-order chi connectivity index (χ0) is 20.6. The van der Waals surface area contributed by atoms with E-state index < -0.39 is 21.8 Å². The predicted molar refractivity (Wildman–Crippen MR) is 103 cm³/mol. The lowest BCUT2D eigenvalue weighted by molar-refractivity contribution is -0.0498. The first kappa shape index (κ1) is 21.0. The Morgan fingerprint density at radius 1 is 1.17 bits per heavy atom. The number of rotatable bonds is 6. The van der Waals surface area contributed by atoms with E-state index >= 15 is 0 Å². The maximum absolute atomic E-state index is 13.6. The molecule has 2 saturated heterocycles. The van der Waals surface area contributed by atoms with Crippen molar-refractivity contribution in [1.29, 1.82) is 0 Å². The molecular weight excluding hydrogens is 402 g/mol. The van der Waals surface area contributed by atoms with E-state index in [1.54, 1.807) is 0 Å². The molecular formula is C20H28F2N2O4S. The Balaban J connectivity index is 1.58. The van der Waals surface area contributed by atoms with Gasteiger partial charge in [0.05, 0.1) is 4.90 Å². The van der Waals surface area contributed by atoms with Crippen LogP contribution in [0.1, 0.15) is 25.7 Å². The number of nitrogens with two attached hydrogens (primary N) is 1. The van der Waals surface area contributed by atoms with Gasteiger partial charge in [-0.1, -0.05) is 0 Å². The van der Waals surface area contributed by atoms with Gasteiger partial charge in [0.15, 0.2) is 9.84 Å². The lowest BCUT2D eigenvalue weighted by Crippen LogP contribution is -2.43. The van der Waals surface area contributed by atoms with Gasteiger partial charge in [0, 0.05) is 32.3 Å². The van der Waals surface area contributed by atoms with E-state index in [1.807, 2.05) is 0 Å². The van der Waals surface area contributed by atoms with Crippen molar-refractivity contribution in [3.8, 4) is 5.75 Å². The molecule has 2 aliphatic heterocycles. The average molecular weight is 431 g/mol. The predicted octanol–water partition coefficient (Wildman–Crippen LogP) is 2.48. The fourth-order valence-corrected chi connectivity index (χ4v) is 7.41. The first-order valence-corrected chi connectivity index (χ1v) is 11.8. The SMILES string of the molecule is N[C@@H]1C[C@H]2CN(CC3CCOCC3)[C@H](S(=O)(=O)c3ccc(OC(F)F)cc3)[C@@H]2C1. The third-order valence-electron chi connectivity index (χ3n) is 6.51. The molecule has 0 radical (unpaired) electrons. The summed E-state index contributed by atoms with van der Waals surface area (Å²) in [4.78, 5) is 2.26. The van der Waals surface area contributed by atoms with Gasteiger partial charge in [-0.15, -0.1) is 0 Å². The molecule has 4 rings (SSSR count). The van der Waals surface area contributed by atoms with Crippen LogP contribution in [0.4, 0.5) is 8.78 Å². The number of hydrogen-bond acceptors (Lipinski definition) is 6. The van der Waals surface area contributed by atoms with Crippen LogP contribution in [0, 0.1) is 17.8 Å². The molecule has 2 heterocycles. The molecule has 0 spiro atoms. The number of benzene rings is 1. The molecule has 1 saturated carbocycles. The Morgan fingerprint density at radius 2 is 1.86 bits per heavy atom. The third-order valence-corrected chi connectivity index (χ3v) is 8.72.